The van der Waals surface area contributed by atoms with E-state index < -0.39 is 15.6 Å². The third-order valence-electron chi connectivity index (χ3n) is 4.90. The average Bonchev–Trinajstić information content (AvgIpc) is 2.87. The van der Waals surface area contributed by atoms with Gasteiger partial charge in [0, 0.05) is 25.2 Å². The van der Waals surface area contributed by atoms with Crippen LogP contribution < -0.4 is 0 Å². The summed E-state index contributed by atoms with van der Waals surface area (Å²) in [5, 5.41) is 0. The van der Waals surface area contributed by atoms with E-state index in [4.69, 9.17) is 4.74 Å². The highest BCUT2D eigenvalue weighted by Crippen LogP contribution is 2.32. The van der Waals surface area contributed by atoms with Gasteiger partial charge < -0.3 is 9.64 Å². The lowest BCUT2D eigenvalue weighted by Gasteiger charge is -2.38. The number of hydrogen-bond acceptors (Lipinski definition) is 4. The fourth-order valence-corrected chi connectivity index (χ4v) is 5.24. The minimum absolute atomic E-state index is 0.0692. The average molecular weight is 361 g/mol. The molecule has 140 valence electrons. The van der Waals surface area contributed by atoms with E-state index in [1.165, 1.54) is 6.26 Å². The second kappa shape index (κ2) is 7.20. The summed E-state index contributed by atoms with van der Waals surface area (Å²) in [6, 6.07) is -0.0642. The Hall–Kier alpha value is -0.820. The predicted molar refractivity (Wildman–Crippen MR) is 94.3 cm³/mol. The largest absolute Gasteiger partial charge is 0.444 e. The van der Waals surface area contributed by atoms with Crippen molar-refractivity contribution < 1.29 is 17.9 Å². The minimum Gasteiger partial charge on any atom is -0.444 e. The van der Waals surface area contributed by atoms with Crippen molar-refractivity contribution in [1.29, 1.82) is 0 Å². The molecule has 2 rings (SSSR count). The summed E-state index contributed by atoms with van der Waals surface area (Å²) < 4.78 is 31.9. The maximum Gasteiger partial charge on any atom is 0.410 e. The number of rotatable bonds is 3. The van der Waals surface area contributed by atoms with Crippen LogP contribution in [0.2, 0.25) is 0 Å². The second-order valence-corrected chi connectivity index (χ2v) is 10.3. The Bertz CT molecular complexity index is 547. The third kappa shape index (κ3) is 5.09. The van der Waals surface area contributed by atoms with Gasteiger partial charge >= 0.3 is 6.09 Å². The van der Waals surface area contributed by atoms with Gasteiger partial charge in [-0.2, -0.15) is 4.31 Å². The molecule has 0 aromatic rings. The van der Waals surface area contributed by atoms with Crippen LogP contribution >= 0.6 is 0 Å². The van der Waals surface area contributed by atoms with Crippen molar-refractivity contribution in [2.24, 2.45) is 5.92 Å². The van der Waals surface area contributed by atoms with Gasteiger partial charge in [0.2, 0.25) is 10.0 Å². The summed E-state index contributed by atoms with van der Waals surface area (Å²) >= 11 is 0. The van der Waals surface area contributed by atoms with E-state index >= 15 is 0 Å². The SMILES string of the molecule is CC1CCC(N([C@H]2CCN(C(=O)OC(C)(C)C)C2)S(C)(=O)=O)CC1. The molecule has 0 spiro atoms. The minimum atomic E-state index is -3.30. The van der Waals surface area contributed by atoms with E-state index in [0.29, 0.717) is 25.4 Å². The normalized spacial score (nSPS) is 29.1. The van der Waals surface area contributed by atoms with Crippen LogP contribution in [-0.2, 0) is 14.8 Å². The second-order valence-electron chi connectivity index (χ2n) is 8.38. The van der Waals surface area contributed by atoms with E-state index in [2.05, 4.69) is 6.92 Å². The van der Waals surface area contributed by atoms with Crippen LogP contribution in [0, 0.1) is 5.92 Å². The number of ether oxygens (including phenoxy) is 1. The Morgan fingerprint density at radius 2 is 1.67 bits per heavy atom. The number of nitrogens with zero attached hydrogens (tertiary/aromatic N) is 2. The van der Waals surface area contributed by atoms with Crippen molar-refractivity contribution in [2.45, 2.75) is 77.5 Å². The maximum absolute atomic E-state index is 12.4. The van der Waals surface area contributed by atoms with Gasteiger partial charge in [0.05, 0.1) is 6.26 Å². The van der Waals surface area contributed by atoms with E-state index in [1.54, 1.807) is 9.21 Å². The Labute approximate surface area is 146 Å². The third-order valence-corrected chi connectivity index (χ3v) is 6.27. The first-order valence-corrected chi connectivity index (χ1v) is 10.8. The molecule has 1 saturated carbocycles. The smallest absolute Gasteiger partial charge is 0.410 e. The molecule has 0 radical (unpaired) electrons. The Kier molecular flexibility index (Phi) is 5.85. The molecule has 1 aliphatic heterocycles. The number of sulfonamides is 1. The summed E-state index contributed by atoms with van der Waals surface area (Å²) in [5.41, 5.74) is -0.537. The lowest BCUT2D eigenvalue weighted by atomic mass is 9.87. The molecule has 1 heterocycles. The maximum atomic E-state index is 12.4. The van der Waals surface area contributed by atoms with E-state index in [-0.39, 0.29) is 18.2 Å². The van der Waals surface area contributed by atoms with Crippen LogP contribution in [0.3, 0.4) is 0 Å². The molecule has 0 bridgehead atoms. The molecule has 0 aromatic heterocycles. The highest BCUT2D eigenvalue weighted by atomic mass is 32.2. The van der Waals surface area contributed by atoms with Crippen molar-refractivity contribution >= 4 is 16.1 Å². The van der Waals surface area contributed by atoms with Gasteiger partial charge in [0.25, 0.3) is 0 Å². The number of hydrogen-bond donors (Lipinski definition) is 0. The van der Waals surface area contributed by atoms with Crippen molar-refractivity contribution in [3.8, 4) is 0 Å². The van der Waals surface area contributed by atoms with Gasteiger partial charge in [-0.1, -0.05) is 6.92 Å². The van der Waals surface area contributed by atoms with Crippen molar-refractivity contribution in [3.63, 3.8) is 0 Å². The highest BCUT2D eigenvalue weighted by molar-refractivity contribution is 7.88. The van der Waals surface area contributed by atoms with Crippen LogP contribution in [0.5, 0.6) is 0 Å². The van der Waals surface area contributed by atoms with Crippen molar-refractivity contribution in [2.75, 3.05) is 19.3 Å². The molecular weight excluding hydrogens is 328 g/mol. The molecule has 1 amide bonds. The molecule has 0 N–H and O–H groups in total. The Morgan fingerprint density at radius 3 is 2.17 bits per heavy atom. The molecule has 0 aromatic carbocycles. The molecule has 0 unspecified atom stereocenters. The fraction of sp³-hybridized carbons (Fsp3) is 0.941. The van der Waals surface area contributed by atoms with Gasteiger partial charge in [0.15, 0.2) is 0 Å². The summed E-state index contributed by atoms with van der Waals surface area (Å²) in [4.78, 5) is 13.9. The molecule has 1 aliphatic carbocycles. The van der Waals surface area contributed by atoms with Gasteiger partial charge in [-0.05, 0) is 58.8 Å². The van der Waals surface area contributed by atoms with Gasteiger partial charge in [0.1, 0.15) is 5.60 Å². The summed E-state index contributed by atoms with van der Waals surface area (Å²) in [6.07, 6.45) is 5.59. The molecule has 2 aliphatic rings. The van der Waals surface area contributed by atoms with Crippen molar-refractivity contribution in [3.05, 3.63) is 0 Å². The zero-order valence-corrected chi connectivity index (χ0v) is 16.4. The first-order valence-electron chi connectivity index (χ1n) is 8.94. The summed E-state index contributed by atoms with van der Waals surface area (Å²) in [6.45, 7) is 8.71. The van der Waals surface area contributed by atoms with E-state index in [0.717, 1.165) is 25.7 Å². The Balaban J connectivity index is 2.06. The first kappa shape index (κ1) is 19.5. The fourth-order valence-electron chi connectivity index (χ4n) is 3.78. The van der Waals surface area contributed by atoms with Gasteiger partial charge in [-0.15, -0.1) is 0 Å². The zero-order valence-electron chi connectivity index (χ0n) is 15.6. The van der Waals surface area contributed by atoms with E-state index in [9.17, 15) is 13.2 Å². The van der Waals surface area contributed by atoms with Gasteiger partial charge in [-0.25, -0.2) is 13.2 Å². The molecule has 6 nitrogen and oxygen atoms in total. The highest BCUT2D eigenvalue weighted by Gasteiger charge is 2.40. The summed E-state index contributed by atoms with van der Waals surface area (Å²) in [7, 11) is -3.30. The molecular formula is C17H32N2O4S. The number of amides is 1. The van der Waals surface area contributed by atoms with Gasteiger partial charge in [-0.3, -0.25) is 0 Å². The topological polar surface area (TPSA) is 66.9 Å². The molecule has 24 heavy (non-hydrogen) atoms. The number of carbonyl (C=O) groups is 1. The van der Waals surface area contributed by atoms with Crippen LogP contribution in [-0.4, -0.2) is 60.7 Å². The monoisotopic (exact) mass is 360 g/mol. The summed E-state index contributed by atoms with van der Waals surface area (Å²) in [5.74, 6) is 0.671. The standard InChI is InChI=1S/C17H32N2O4S/c1-13-6-8-14(9-7-13)19(24(5,21)22)15-10-11-18(12-15)16(20)23-17(2,3)4/h13-15H,6-12H2,1-5H3/t13?,14?,15-/m0/s1. The van der Waals surface area contributed by atoms with Crippen molar-refractivity contribution in [1.82, 2.24) is 9.21 Å². The first-order chi connectivity index (χ1) is 11.0. The van der Waals surface area contributed by atoms with Crippen LogP contribution in [0.1, 0.15) is 59.8 Å². The molecule has 7 heteroatoms. The molecule has 1 saturated heterocycles. The lowest BCUT2D eigenvalue weighted by Crippen LogP contribution is -2.49. The Morgan fingerprint density at radius 1 is 1.08 bits per heavy atom. The molecule has 2 fully saturated rings. The van der Waals surface area contributed by atoms with Crippen LogP contribution in [0.15, 0.2) is 0 Å². The quantitative estimate of drug-likeness (QED) is 0.776. The zero-order chi connectivity index (χ0) is 18.1. The predicted octanol–water partition coefficient (Wildman–Crippen LogP) is 2.84. The number of carbonyl (C=O) groups excluding carboxylic acids is 1. The molecule has 1 atom stereocenters. The van der Waals surface area contributed by atoms with Crippen LogP contribution in [0.25, 0.3) is 0 Å². The van der Waals surface area contributed by atoms with Crippen LogP contribution in [0.4, 0.5) is 4.79 Å². The lowest BCUT2D eigenvalue weighted by molar-refractivity contribution is 0.0282. The number of likely N-dealkylation sites (tertiary alicyclic amines) is 1. The van der Waals surface area contributed by atoms with E-state index in [1.807, 2.05) is 20.8 Å².